The molecule has 1 fully saturated rings. The molecule has 0 bridgehead atoms. The molecule has 0 spiro atoms. The summed E-state index contributed by atoms with van der Waals surface area (Å²) in [6.45, 7) is 3.72. The Labute approximate surface area is 196 Å². The molecular weight excluding hydrogens is 474 g/mol. The zero-order valence-electron chi connectivity index (χ0n) is 18.2. The van der Waals surface area contributed by atoms with Crippen molar-refractivity contribution in [3.05, 3.63) is 58.6 Å². The van der Waals surface area contributed by atoms with Gasteiger partial charge in [0.1, 0.15) is 17.4 Å². The quantitative estimate of drug-likeness (QED) is 0.480. The second-order valence-corrected chi connectivity index (χ2v) is 9.33. The first-order chi connectivity index (χ1) is 16.0. The highest BCUT2D eigenvalue weighted by Crippen LogP contribution is 2.31. The SMILES string of the molecule is Cc1cnc(-c2cc(OCC3(F)CNC3)cc(C(=O)NC(C)c3cnc(C(F)(F)F)nc3)c2)s1. The van der Waals surface area contributed by atoms with Crippen LogP contribution in [0.3, 0.4) is 0 Å². The summed E-state index contributed by atoms with van der Waals surface area (Å²) in [6.07, 6.45) is -0.894. The van der Waals surface area contributed by atoms with Crippen molar-refractivity contribution < 1.29 is 27.1 Å². The number of nitrogens with zero attached hydrogens (tertiary/aromatic N) is 3. The lowest BCUT2D eigenvalue weighted by molar-refractivity contribution is -0.145. The van der Waals surface area contributed by atoms with Crippen LogP contribution in [0.1, 0.15) is 39.6 Å². The fourth-order valence-corrected chi connectivity index (χ4v) is 3.96. The second-order valence-electron chi connectivity index (χ2n) is 8.10. The first-order valence-corrected chi connectivity index (χ1v) is 11.1. The maximum Gasteiger partial charge on any atom is 0.451 e. The Morgan fingerprint density at radius 3 is 2.47 bits per heavy atom. The number of hydrogen-bond donors (Lipinski definition) is 2. The van der Waals surface area contributed by atoms with Crippen LogP contribution < -0.4 is 15.4 Å². The third-order valence-electron chi connectivity index (χ3n) is 5.19. The molecule has 2 aromatic heterocycles. The highest BCUT2D eigenvalue weighted by Gasteiger charge is 2.38. The summed E-state index contributed by atoms with van der Waals surface area (Å²) in [5.41, 5.74) is -0.292. The molecule has 180 valence electrons. The van der Waals surface area contributed by atoms with Gasteiger partial charge in [-0.2, -0.15) is 13.2 Å². The maximum absolute atomic E-state index is 14.4. The second kappa shape index (κ2) is 9.26. The van der Waals surface area contributed by atoms with Gasteiger partial charge in [-0.15, -0.1) is 11.3 Å². The highest BCUT2D eigenvalue weighted by molar-refractivity contribution is 7.14. The summed E-state index contributed by atoms with van der Waals surface area (Å²) in [7, 11) is 0. The zero-order valence-corrected chi connectivity index (χ0v) is 19.1. The average Bonchev–Trinajstić information content (AvgIpc) is 3.22. The first kappa shape index (κ1) is 24.0. The molecule has 7 nitrogen and oxygen atoms in total. The van der Waals surface area contributed by atoms with E-state index < -0.39 is 29.6 Å². The molecule has 1 aliphatic heterocycles. The smallest absolute Gasteiger partial charge is 0.451 e. The van der Waals surface area contributed by atoms with E-state index in [1.165, 1.54) is 17.4 Å². The van der Waals surface area contributed by atoms with Crippen molar-refractivity contribution in [1.82, 2.24) is 25.6 Å². The van der Waals surface area contributed by atoms with Gasteiger partial charge < -0.3 is 15.4 Å². The molecular formula is C22H21F4N5O2S. The number of alkyl halides is 4. The number of hydrogen-bond acceptors (Lipinski definition) is 7. The van der Waals surface area contributed by atoms with E-state index in [9.17, 15) is 22.4 Å². The molecule has 1 amide bonds. The number of carbonyl (C=O) groups excluding carboxylic acids is 1. The summed E-state index contributed by atoms with van der Waals surface area (Å²) in [6, 6.07) is 4.15. The lowest BCUT2D eigenvalue weighted by atomic mass is 10.0. The Bertz CT molecular complexity index is 1180. The minimum absolute atomic E-state index is 0.166. The number of halogens is 4. The first-order valence-electron chi connectivity index (χ1n) is 10.3. The van der Waals surface area contributed by atoms with Crippen molar-refractivity contribution >= 4 is 17.2 Å². The summed E-state index contributed by atoms with van der Waals surface area (Å²) < 4.78 is 58.1. The average molecular weight is 496 g/mol. The Hall–Kier alpha value is -3.12. The van der Waals surface area contributed by atoms with E-state index in [-0.39, 0.29) is 25.3 Å². The van der Waals surface area contributed by atoms with Gasteiger partial charge in [0, 0.05) is 53.2 Å². The van der Waals surface area contributed by atoms with Crippen LogP contribution in [0.4, 0.5) is 17.6 Å². The monoisotopic (exact) mass is 495 g/mol. The van der Waals surface area contributed by atoms with Crippen LogP contribution in [0.5, 0.6) is 5.75 Å². The minimum atomic E-state index is -4.65. The number of rotatable bonds is 7. The van der Waals surface area contributed by atoms with E-state index in [1.54, 1.807) is 25.3 Å². The van der Waals surface area contributed by atoms with E-state index in [2.05, 4.69) is 25.6 Å². The molecule has 1 aliphatic rings. The standard InChI is InChI=1S/C22H21F4N5O2S/c1-12-6-28-19(34-12)15-3-14(4-17(5-15)33-11-21(23)9-27-10-21)18(32)31-13(2)16-7-29-20(30-8-16)22(24,25)26/h3-8,13,27H,9-11H2,1-2H3,(H,31,32). The van der Waals surface area contributed by atoms with Crippen LogP contribution in [0.25, 0.3) is 10.6 Å². The molecule has 1 unspecified atom stereocenters. The molecule has 3 heterocycles. The van der Waals surface area contributed by atoms with Crippen molar-refractivity contribution in [3.63, 3.8) is 0 Å². The number of amides is 1. The van der Waals surface area contributed by atoms with Crippen molar-refractivity contribution in [3.8, 4) is 16.3 Å². The molecule has 0 radical (unpaired) electrons. The molecule has 3 aromatic rings. The molecule has 0 aliphatic carbocycles. The van der Waals surface area contributed by atoms with Gasteiger partial charge in [0.25, 0.3) is 5.91 Å². The van der Waals surface area contributed by atoms with E-state index in [1.807, 2.05) is 6.92 Å². The van der Waals surface area contributed by atoms with Gasteiger partial charge in [0.05, 0.1) is 6.04 Å². The highest BCUT2D eigenvalue weighted by atomic mass is 32.1. The van der Waals surface area contributed by atoms with Crippen LogP contribution in [-0.4, -0.2) is 46.2 Å². The third-order valence-corrected chi connectivity index (χ3v) is 6.15. The fourth-order valence-electron chi connectivity index (χ4n) is 3.21. The number of benzene rings is 1. The number of carbonyl (C=O) groups is 1. The van der Waals surface area contributed by atoms with Gasteiger partial charge in [0.15, 0.2) is 5.67 Å². The van der Waals surface area contributed by atoms with E-state index in [4.69, 9.17) is 4.74 Å². The van der Waals surface area contributed by atoms with Crippen molar-refractivity contribution in [2.75, 3.05) is 19.7 Å². The third kappa shape index (κ3) is 5.50. The number of ether oxygens (including phenoxy) is 1. The molecule has 0 saturated carbocycles. The maximum atomic E-state index is 14.4. The Kier molecular flexibility index (Phi) is 6.54. The Morgan fingerprint density at radius 2 is 1.91 bits per heavy atom. The lowest BCUT2D eigenvalue weighted by Gasteiger charge is -2.34. The van der Waals surface area contributed by atoms with Gasteiger partial charge in [-0.25, -0.2) is 19.3 Å². The molecule has 1 aromatic carbocycles. The largest absolute Gasteiger partial charge is 0.490 e. The predicted molar refractivity (Wildman–Crippen MR) is 117 cm³/mol. The molecule has 4 rings (SSSR count). The van der Waals surface area contributed by atoms with Crippen molar-refractivity contribution in [2.45, 2.75) is 31.7 Å². The van der Waals surface area contributed by atoms with Gasteiger partial charge in [-0.3, -0.25) is 4.79 Å². The summed E-state index contributed by atoms with van der Waals surface area (Å²) in [4.78, 5) is 24.9. The number of aromatic nitrogens is 3. The topological polar surface area (TPSA) is 89.0 Å². The fraction of sp³-hybridized carbons (Fsp3) is 0.364. The lowest BCUT2D eigenvalue weighted by Crippen LogP contribution is -2.59. The summed E-state index contributed by atoms with van der Waals surface area (Å²) in [5.74, 6) is -1.44. The minimum Gasteiger partial charge on any atom is -0.490 e. The van der Waals surface area contributed by atoms with Crippen molar-refractivity contribution in [2.24, 2.45) is 0 Å². The normalized spacial score (nSPS) is 15.9. The number of thiazole rings is 1. The Balaban J connectivity index is 1.54. The van der Waals surface area contributed by atoms with Gasteiger partial charge in [0.2, 0.25) is 5.82 Å². The molecule has 12 heteroatoms. The van der Waals surface area contributed by atoms with Crippen LogP contribution in [0.2, 0.25) is 0 Å². The van der Waals surface area contributed by atoms with Crippen LogP contribution >= 0.6 is 11.3 Å². The predicted octanol–water partition coefficient (Wildman–Crippen LogP) is 4.11. The van der Waals surface area contributed by atoms with E-state index in [0.717, 1.165) is 17.3 Å². The van der Waals surface area contributed by atoms with Gasteiger partial charge in [-0.05, 0) is 32.0 Å². The van der Waals surface area contributed by atoms with Gasteiger partial charge >= 0.3 is 6.18 Å². The molecule has 2 N–H and O–H groups in total. The zero-order chi connectivity index (χ0) is 24.5. The van der Waals surface area contributed by atoms with Gasteiger partial charge in [-0.1, -0.05) is 0 Å². The van der Waals surface area contributed by atoms with Crippen LogP contribution in [0.15, 0.2) is 36.8 Å². The molecule has 1 atom stereocenters. The van der Waals surface area contributed by atoms with Crippen LogP contribution in [0, 0.1) is 6.92 Å². The van der Waals surface area contributed by atoms with Crippen LogP contribution in [-0.2, 0) is 6.18 Å². The van der Waals surface area contributed by atoms with Crippen molar-refractivity contribution in [1.29, 1.82) is 0 Å². The summed E-state index contributed by atoms with van der Waals surface area (Å²) >= 11 is 1.43. The Morgan fingerprint density at radius 1 is 1.21 bits per heavy atom. The number of nitrogens with one attached hydrogen (secondary N) is 2. The number of aryl methyl sites for hydroxylation is 1. The van der Waals surface area contributed by atoms with E-state index >= 15 is 0 Å². The molecule has 1 saturated heterocycles. The van der Waals surface area contributed by atoms with E-state index in [0.29, 0.717) is 21.9 Å². The molecule has 34 heavy (non-hydrogen) atoms. The summed E-state index contributed by atoms with van der Waals surface area (Å²) in [5, 5.41) is 6.24.